The Balaban J connectivity index is 1.59. The van der Waals surface area contributed by atoms with Gasteiger partial charge in [-0.25, -0.2) is 4.98 Å². The Kier molecular flexibility index (Phi) is 4.06. The number of para-hydroxylation sites is 1. The van der Waals surface area contributed by atoms with E-state index >= 15 is 0 Å². The Morgan fingerprint density at radius 1 is 1.16 bits per heavy atom. The molecule has 2 aromatic carbocycles. The van der Waals surface area contributed by atoms with Gasteiger partial charge in [-0.1, -0.05) is 18.2 Å². The van der Waals surface area contributed by atoms with E-state index in [1.165, 1.54) is 0 Å². The third-order valence-electron chi connectivity index (χ3n) is 4.20. The molecule has 0 unspecified atom stereocenters. The summed E-state index contributed by atoms with van der Waals surface area (Å²) in [6, 6.07) is 15.8. The maximum atomic E-state index is 14.0. The number of amides is 1. The van der Waals surface area contributed by atoms with Gasteiger partial charge in [-0.05, 0) is 55.2 Å². The average molecular weight is 336 g/mol. The van der Waals surface area contributed by atoms with Gasteiger partial charge in [0.2, 0.25) is 0 Å². The van der Waals surface area contributed by atoms with E-state index in [9.17, 15) is 9.18 Å². The molecule has 1 aliphatic rings. The molecule has 0 saturated heterocycles. The van der Waals surface area contributed by atoms with Crippen LogP contribution in [-0.2, 0) is 0 Å². The van der Waals surface area contributed by atoms with Gasteiger partial charge in [-0.15, -0.1) is 0 Å². The lowest BCUT2D eigenvalue weighted by Crippen LogP contribution is -2.11. The number of anilines is 1. The number of rotatable bonds is 5. The highest BCUT2D eigenvalue weighted by Crippen LogP contribution is 2.31. The van der Waals surface area contributed by atoms with Gasteiger partial charge in [0.15, 0.2) is 5.75 Å². The monoisotopic (exact) mass is 336 g/mol. The van der Waals surface area contributed by atoms with Crippen LogP contribution < -0.4 is 10.1 Å². The molecule has 5 heteroatoms. The molecular weight excluding hydrogens is 319 g/mol. The summed E-state index contributed by atoms with van der Waals surface area (Å²) in [5, 5.41) is 3.51. The van der Waals surface area contributed by atoms with Gasteiger partial charge < -0.3 is 10.1 Å². The van der Waals surface area contributed by atoms with Gasteiger partial charge in [-0.3, -0.25) is 4.79 Å². The molecule has 3 aromatic rings. The number of ether oxygens (including phenoxy) is 1. The summed E-state index contributed by atoms with van der Waals surface area (Å²) in [7, 11) is 0. The molecule has 4 nitrogen and oxygen atoms in total. The van der Waals surface area contributed by atoms with Crippen LogP contribution >= 0.6 is 0 Å². The molecule has 1 saturated carbocycles. The molecule has 1 fully saturated rings. The van der Waals surface area contributed by atoms with Crippen molar-refractivity contribution < 1.29 is 13.9 Å². The van der Waals surface area contributed by atoms with Crippen molar-refractivity contribution in [3.63, 3.8) is 0 Å². The van der Waals surface area contributed by atoms with Crippen LogP contribution in [0.15, 0.2) is 54.6 Å². The van der Waals surface area contributed by atoms with E-state index < -0.39 is 5.95 Å². The molecule has 1 aliphatic carbocycles. The predicted octanol–water partition coefficient (Wildman–Crippen LogP) is 4.42. The number of carbonyl (C=O) groups is 1. The van der Waals surface area contributed by atoms with Crippen LogP contribution in [0, 0.1) is 11.9 Å². The lowest BCUT2D eigenvalue weighted by molar-refractivity contribution is 0.102. The number of benzene rings is 2. The van der Waals surface area contributed by atoms with Crippen LogP contribution in [0.4, 0.5) is 10.1 Å². The first kappa shape index (κ1) is 15.6. The van der Waals surface area contributed by atoms with Crippen LogP contribution in [0.3, 0.4) is 0 Å². The first-order chi connectivity index (χ1) is 12.2. The number of nitrogens with one attached hydrogen (secondary N) is 1. The average Bonchev–Trinajstić information content (AvgIpc) is 3.45. The topological polar surface area (TPSA) is 51.2 Å². The zero-order valence-electron chi connectivity index (χ0n) is 13.5. The smallest absolute Gasteiger partial charge is 0.255 e. The third kappa shape index (κ3) is 3.60. The van der Waals surface area contributed by atoms with Gasteiger partial charge >= 0.3 is 0 Å². The fourth-order valence-electron chi connectivity index (χ4n) is 2.59. The normalized spacial score (nSPS) is 13.6. The largest absolute Gasteiger partial charge is 0.488 e. The second kappa shape index (κ2) is 6.51. The van der Waals surface area contributed by atoms with E-state index in [0.717, 1.165) is 18.5 Å². The molecule has 0 aliphatic heterocycles. The summed E-state index contributed by atoms with van der Waals surface area (Å²) in [5.41, 5.74) is 1.70. The molecule has 4 rings (SSSR count). The highest BCUT2D eigenvalue weighted by atomic mass is 19.1. The zero-order chi connectivity index (χ0) is 17.2. The molecule has 0 atom stereocenters. The van der Waals surface area contributed by atoms with Crippen LogP contribution in [0.25, 0.3) is 10.9 Å². The molecule has 1 amide bonds. The van der Waals surface area contributed by atoms with E-state index in [1.54, 1.807) is 24.3 Å². The SMILES string of the molecule is O=C(Nc1ccccc1)c1ccc2nc(F)c(OCC3CC3)cc2c1. The number of halogens is 1. The summed E-state index contributed by atoms with van der Waals surface area (Å²) in [6.07, 6.45) is 2.26. The van der Waals surface area contributed by atoms with Gasteiger partial charge in [0.05, 0.1) is 12.1 Å². The summed E-state index contributed by atoms with van der Waals surface area (Å²) in [4.78, 5) is 16.3. The molecule has 1 heterocycles. The van der Waals surface area contributed by atoms with E-state index in [4.69, 9.17) is 4.74 Å². The second-order valence-corrected chi connectivity index (χ2v) is 6.26. The number of hydrogen-bond acceptors (Lipinski definition) is 3. The van der Waals surface area contributed by atoms with Crippen molar-refractivity contribution in [1.29, 1.82) is 0 Å². The van der Waals surface area contributed by atoms with E-state index in [-0.39, 0.29) is 11.7 Å². The molecular formula is C20H17FN2O2. The predicted molar refractivity (Wildman–Crippen MR) is 94.3 cm³/mol. The Bertz CT molecular complexity index is 924. The fraction of sp³-hybridized carbons (Fsp3) is 0.200. The van der Waals surface area contributed by atoms with Crippen LogP contribution in [0.2, 0.25) is 0 Å². The van der Waals surface area contributed by atoms with Crippen molar-refractivity contribution in [1.82, 2.24) is 4.98 Å². The van der Waals surface area contributed by atoms with Crippen molar-refractivity contribution in [2.45, 2.75) is 12.8 Å². The third-order valence-corrected chi connectivity index (χ3v) is 4.20. The minimum Gasteiger partial charge on any atom is -0.488 e. The van der Waals surface area contributed by atoms with Crippen LogP contribution in [-0.4, -0.2) is 17.5 Å². The van der Waals surface area contributed by atoms with Gasteiger partial charge in [0, 0.05) is 16.6 Å². The van der Waals surface area contributed by atoms with Gasteiger partial charge in [0.25, 0.3) is 11.9 Å². The first-order valence-corrected chi connectivity index (χ1v) is 8.28. The lowest BCUT2D eigenvalue weighted by atomic mass is 10.1. The number of nitrogens with zero attached hydrogens (tertiary/aromatic N) is 1. The number of pyridine rings is 1. The van der Waals surface area contributed by atoms with E-state index in [1.807, 2.05) is 30.3 Å². The summed E-state index contributed by atoms with van der Waals surface area (Å²) in [5.74, 6) is -0.175. The molecule has 1 aromatic heterocycles. The quantitative estimate of drug-likeness (QED) is 0.702. The minimum atomic E-state index is -0.616. The van der Waals surface area contributed by atoms with E-state index in [2.05, 4.69) is 10.3 Å². The maximum absolute atomic E-state index is 14.0. The van der Waals surface area contributed by atoms with Crippen molar-refractivity contribution in [2.24, 2.45) is 5.92 Å². The van der Waals surface area contributed by atoms with E-state index in [0.29, 0.717) is 29.0 Å². The zero-order valence-corrected chi connectivity index (χ0v) is 13.5. The Labute approximate surface area is 144 Å². The highest BCUT2D eigenvalue weighted by molar-refractivity contribution is 6.06. The molecule has 25 heavy (non-hydrogen) atoms. The Morgan fingerprint density at radius 2 is 1.96 bits per heavy atom. The minimum absolute atomic E-state index is 0.139. The van der Waals surface area contributed by atoms with Crippen molar-refractivity contribution in [3.8, 4) is 5.75 Å². The van der Waals surface area contributed by atoms with Gasteiger partial charge in [-0.2, -0.15) is 4.39 Å². The Morgan fingerprint density at radius 3 is 2.72 bits per heavy atom. The second-order valence-electron chi connectivity index (χ2n) is 6.26. The molecule has 0 spiro atoms. The molecule has 0 radical (unpaired) electrons. The molecule has 1 N–H and O–H groups in total. The standard InChI is InChI=1S/C20H17FN2O2/c21-19-18(25-12-13-6-7-13)11-15-10-14(8-9-17(15)23-19)20(24)22-16-4-2-1-3-5-16/h1-5,8-11,13H,6-7,12H2,(H,22,24). The molecule has 0 bridgehead atoms. The van der Waals surface area contributed by atoms with Crippen LogP contribution in [0.1, 0.15) is 23.2 Å². The first-order valence-electron chi connectivity index (χ1n) is 8.28. The highest BCUT2D eigenvalue weighted by Gasteiger charge is 2.23. The number of carbonyl (C=O) groups excluding carboxylic acids is 1. The van der Waals surface area contributed by atoms with Crippen LogP contribution in [0.5, 0.6) is 5.75 Å². The number of aromatic nitrogens is 1. The fourth-order valence-corrected chi connectivity index (χ4v) is 2.59. The maximum Gasteiger partial charge on any atom is 0.255 e. The summed E-state index contributed by atoms with van der Waals surface area (Å²) >= 11 is 0. The van der Waals surface area contributed by atoms with Gasteiger partial charge in [0.1, 0.15) is 0 Å². The van der Waals surface area contributed by atoms with Crippen molar-refractivity contribution in [2.75, 3.05) is 11.9 Å². The summed E-state index contributed by atoms with van der Waals surface area (Å²) < 4.78 is 19.5. The van der Waals surface area contributed by atoms with Crippen molar-refractivity contribution in [3.05, 3.63) is 66.1 Å². The molecule has 126 valence electrons. The summed E-state index contributed by atoms with van der Waals surface area (Å²) in [6.45, 7) is 0.512. The Hall–Kier alpha value is -2.95. The van der Waals surface area contributed by atoms with Crippen molar-refractivity contribution >= 4 is 22.5 Å². The number of hydrogen-bond donors (Lipinski definition) is 1. The number of fused-ring (bicyclic) bond motifs is 1. The lowest BCUT2D eigenvalue weighted by Gasteiger charge is -2.09.